The molecule has 0 fully saturated rings. The van der Waals surface area contributed by atoms with Crippen LogP contribution in [0.3, 0.4) is 0 Å². The molecule has 0 N–H and O–H groups in total. The molecule has 31 heavy (non-hydrogen) atoms. The summed E-state index contributed by atoms with van der Waals surface area (Å²) in [5.41, 5.74) is 2.43. The first-order chi connectivity index (χ1) is 15.1. The molecule has 6 nitrogen and oxygen atoms in total. The van der Waals surface area contributed by atoms with Gasteiger partial charge in [0, 0.05) is 6.07 Å². The minimum atomic E-state index is -0.132. The first-order valence-electron chi connectivity index (χ1n) is 9.66. The summed E-state index contributed by atoms with van der Waals surface area (Å²) in [6.45, 7) is 0.372. The van der Waals surface area contributed by atoms with Crippen molar-refractivity contribution < 1.29 is 23.4 Å². The van der Waals surface area contributed by atoms with Gasteiger partial charge in [0.2, 0.25) is 0 Å². The second kappa shape index (κ2) is 8.83. The smallest absolute Gasteiger partial charge is 0.200 e. The molecule has 4 rings (SSSR count). The molecule has 158 valence electrons. The quantitative estimate of drug-likeness (QED) is 0.418. The number of ether oxygens (including phenoxy) is 4. The molecule has 0 saturated heterocycles. The van der Waals surface area contributed by atoms with E-state index in [1.165, 1.54) is 6.26 Å². The maximum Gasteiger partial charge on any atom is 0.200 e. The minimum Gasteiger partial charge on any atom is -0.497 e. The first-order valence-corrected chi connectivity index (χ1v) is 9.66. The van der Waals surface area contributed by atoms with Crippen LogP contribution in [0, 0.1) is 0 Å². The molecule has 6 heteroatoms. The van der Waals surface area contributed by atoms with Gasteiger partial charge in [-0.2, -0.15) is 0 Å². The van der Waals surface area contributed by atoms with Crippen LogP contribution in [0.15, 0.2) is 76.1 Å². The topological polar surface area (TPSA) is 67.1 Å². The summed E-state index contributed by atoms with van der Waals surface area (Å²) in [7, 11) is 4.75. The molecule has 0 saturated carbocycles. The van der Waals surface area contributed by atoms with E-state index in [0.717, 1.165) is 11.3 Å². The lowest BCUT2D eigenvalue weighted by Gasteiger charge is -2.10. The summed E-state index contributed by atoms with van der Waals surface area (Å²) < 4.78 is 27.5. The van der Waals surface area contributed by atoms with E-state index in [9.17, 15) is 4.79 Å². The highest BCUT2D eigenvalue weighted by Gasteiger charge is 2.13. The minimum absolute atomic E-state index is 0.132. The van der Waals surface area contributed by atoms with Crippen LogP contribution in [0.5, 0.6) is 23.0 Å². The second-order valence-corrected chi connectivity index (χ2v) is 6.85. The molecule has 0 radical (unpaired) electrons. The Morgan fingerprint density at radius 1 is 0.806 bits per heavy atom. The first kappa shape index (κ1) is 20.3. The summed E-state index contributed by atoms with van der Waals surface area (Å²) in [5, 5.41) is 0.473. The van der Waals surface area contributed by atoms with Gasteiger partial charge in [0.05, 0.1) is 32.3 Å². The third-order valence-corrected chi connectivity index (χ3v) is 4.98. The van der Waals surface area contributed by atoms with Crippen LogP contribution >= 0.6 is 0 Å². The van der Waals surface area contributed by atoms with E-state index in [2.05, 4.69) is 0 Å². The molecule has 0 spiro atoms. The summed E-state index contributed by atoms with van der Waals surface area (Å²) in [6, 6.07) is 18.2. The van der Waals surface area contributed by atoms with Crippen molar-refractivity contribution in [3.63, 3.8) is 0 Å². The van der Waals surface area contributed by atoms with Crippen molar-refractivity contribution >= 4 is 11.0 Å². The lowest BCUT2D eigenvalue weighted by atomic mass is 10.0. The van der Waals surface area contributed by atoms with E-state index >= 15 is 0 Å². The summed E-state index contributed by atoms with van der Waals surface area (Å²) >= 11 is 0. The van der Waals surface area contributed by atoms with Gasteiger partial charge >= 0.3 is 0 Å². The predicted molar refractivity (Wildman–Crippen MR) is 118 cm³/mol. The molecule has 0 aliphatic heterocycles. The number of rotatable bonds is 7. The van der Waals surface area contributed by atoms with Crippen molar-refractivity contribution in [2.45, 2.75) is 6.61 Å². The number of methoxy groups -OCH3 is 3. The molecule has 3 aromatic carbocycles. The standard InChI is InChI=1S/C25H22O6/c1-27-18-6-4-5-16(11-18)14-30-19-8-9-20-23(13-19)31-15-21(25(20)26)17-7-10-22(28-2)24(12-17)29-3/h4-13,15H,14H2,1-3H3. The zero-order chi connectivity index (χ0) is 21.8. The van der Waals surface area contributed by atoms with E-state index in [-0.39, 0.29) is 5.43 Å². The van der Waals surface area contributed by atoms with Gasteiger partial charge in [-0.15, -0.1) is 0 Å². The van der Waals surface area contributed by atoms with Gasteiger partial charge in [0.1, 0.15) is 30.0 Å². The molecule has 0 aliphatic carbocycles. The largest absolute Gasteiger partial charge is 0.497 e. The number of benzene rings is 3. The van der Waals surface area contributed by atoms with Crippen LogP contribution in [0.25, 0.3) is 22.1 Å². The molecule has 0 bridgehead atoms. The Hall–Kier alpha value is -3.93. The average Bonchev–Trinajstić information content (AvgIpc) is 2.82. The molecular formula is C25H22O6. The molecular weight excluding hydrogens is 396 g/mol. The van der Waals surface area contributed by atoms with Gasteiger partial charge in [-0.05, 0) is 47.5 Å². The molecule has 0 amide bonds. The monoisotopic (exact) mass is 418 g/mol. The van der Waals surface area contributed by atoms with Gasteiger partial charge in [-0.25, -0.2) is 0 Å². The van der Waals surface area contributed by atoms with Crippen LogP contribution in [0.2, 0.25) is 0 Å². The maximum absolute atomic E-state index is 13.1. The number of hydrogen-bond acceptors (Lipinski definition) is 6. The fraction of sp³-hybridized carbons (Fsp3) is 0.160. The zero-order valence-electron chi connectivity index (χ0n) is 17.5. The number of fused-ring (bicyclic) bond motifs is 1. The van der Waals surface area contributed by atoms with Crippen LogP contribution in [0.4, 0.5) is 0 Å². The van der Waals surface area contributed by atoms with Crippen LogP contribution in [0.1, 0.15) is 5.56 Å². The van der Waals surface area contributed by atoms with Crippen molar-refractivity contribution in [1.29, 1.82) is 0 Å². The van der Waals surface area contributed by atoms with Gasteiger partial charge in [0.15, 0.2) is 16.9 Å². The van der Waals surface area contributed by atoms with Gasteiger partial charge < -0.3 is 23.4 Å². The third kappa shape index (κ3) is 4.19. The Balaban J connectivity index is 1.61. The van der Waals surface area contributed by atoms with E-state index in [0.29, 0.717) is 46.0 Å². The lowest BCUT2D eigenvalue weighted by molar-refractivity contribution is 0.305. The summed E-state index contributed by atoms with van der Waals surface area (Å²) in [4.78, 5) is 13.1. The second-order valence-electron chi connectivity index (χ2n) is 6.85. The average molecular weight is 418 g/mol. The predicted octanol–water partition coefficient (Wildman–Crippen LogP) is 5.06. The van der Waals surface area contributed by atoms with Crippen molar-refractivity contribution in [1.82, 2.24) is 0 Å². The third-order valence-electron chi connectivity index (χ3n) is 4.98. The zero-order valence-corrected chi connectivity index (χ0v) is 17.5. The van der Waals surface area contributed by atoms with Crippen molar-refractivity contribution in [2.24, 2.45) is 0 Å². The number of hydrogen-bond donors (Lipinski definition) is 0. The van der Waals surface area contributed by atoms with Gasteiger partial charge in [0.25, 0.3) is 0 Å². The fourth-order valence-corrected chi connectivity index (χ4v) is 3.33. The Bertz CT molecular complexity index is 1270. The van der Waals surface area contributed by atoms with Crippen LogP contribution in [-0.2, 0) is 6.61 Å². The van der Waals surface area contributed by atoms with Crippen molar-refractivity contribution in [3.05, 3.63) is 82.7 Å². The molecule has 0 aliphatic rings. The van der Waals surface area contributed by atoms with E-state index in [1.54, 1.807) is 57.7 Å². The molecule has 4 aromatic rings. The van der Waals surface area contributed by atoms with Crippen LogP contribution in [-0.4, -0.2) is 21.3 Å². The molecule has 1 aromatic heterocycles. The Morgan fingerprint density at radius 2 is 1.65 bits per heavy atom. The van der Waals surface area contributed by atoms with Crippen molar-refractivity contribution in [2.75, 3.05) is 21.3 Å². The molecule has 0 unspecified atom stereocenters. The lowest BCUT2D eigenvalue weighted by Crippen LogP contribution is -2.05. The van der Waals surface area contributed by atoms with Gasteiger partial charge in [-0.3, -0.25) is 4.79 Å². The Labute approximate surface area is 179 Å². The molecule has 0 atom stereocenters. The Morgan fingerprint density at radius 3 is 2.42 bits per heavy atom. The van der Waals surface area contributed by atoms with Gasteiger partial charge in [-0.1, -0.05) is 18.2 Å². The van der Waals surface area contributed by atoms with E-state index < -0.39 is 0 Å². The van der Waals surface area contributed by atoms with E-state index in [4.69, 9.17) is 23.4 Å². The molecule has 1 heterocycles. The normalized spacial score (nSPS) is 10.7. The van der Waals surface area contributed by atoms with Crippen molar-refractivity contribution in [3.8, 4) is 34.1 Å². The van der Waals surface area contributed by atoms with E-state index in [1.807, 2.05) is 24.3 Å². The Kier molecular flexibility index (Phi) is 5.80. The highest BCUT2D eigenvalue weighted by atomic mass is 16.5. The summed E-state index contributed by atoms with van der Waals surface area (Å²) in [5.74, 6) is 2.51. The maximum atomic E-state index is 13.1. The highest BCUT2D eigenvalue weighted by molar-refractivity contribution is 5.83. The fourth-order valence-electron chi connectivity index (χ4n) is 3.33. The summed E-state index contributed by atoms with van der Waals surface area (Å²) in [6.07, 6.45) is 1.46. The van der Waals surface area contributed by atoms with Crippen LogP contribution < -0.4 is 24.4 Å². The SMILES string of the molecule is COc1cccc(COc2ccc3c(=O)c(-c4ccc(OC)c(OC)c4)coc3c2)c1. The highest BCUT2D eigenvalue weighted by Crippen LogP contribution is 2.32.